The molecule has 2 heterocycles. The fourth-order valence-corrected chi connectivity index (χ4v) is 4.20. The Kier molecular flexibility index (Phi) is 5.88. The lowest BCUT2D eigenvalue weighted by Gasteiger charge is -2.42. The molecule has 0 radical (unpaired) electrons. The van der Waals surface area contributed by atoms with Crippen LogP contribution in [0.3, 0.4) is 0 Å². The number of hydrogen-bond acceptors (Lipinski definition) is 4. The predicted octanol–water partition coefficient (Wildman–Crippen LogP) is 3.10. The molecule has 0 spiro atoms. The number of likely N-dealkylation sites (tertiary alicyclic amines) is 1. The number of carboxylic acids is 1. The molecule has 1 aromatic rings. The largest absolute Gasteiger partial charge is 0.478 e. The number of urea groups is 1. The minimum Gasteiger partial charge on any atom is -0.478 e. The van der Waals surface area contributed by atoms with Gasteiger partial charge in [0.2, 0.25) is 6.79 Å². The summed E-state index contributed by atoms with van der Waals surface area (Å²) in [6.45, 7) is 2.84. The van der Waals surface area contributed by atoms with Crippen molar-refractivity contribution in [3.63, 3.8) is 0 Å². The number of carboxylic acid groups (broad SMARTS) is 1. The van der Waals surface area contributed by atoms with E-state index in [1.54, 1.807) is 11.0 Å². The number of carbonyl (C=O) groups excluding carboxylic acids is 1. The molecular formula is C20H26N2O5. The second-order valence-electron chi connectivity index (χ2n) is 7.00. The normalized spacial score (nSPS) is 21.2. The predicted molar refractivity (Wildman–Crippen MR) is 99.8 cm³/mol. The minimum absolute atomic E-state index is 0.0496. The quantitative estimate of drug-likeness (QED) is 0.745. The van der Waals surface area contributed by atoms with Crippen LogP contribution < -0.4 is 15.2 Å². The molecule has 1 fully saturated rings. The van der Waals surface area contributed by atoms with Crippen molar-refractivity contribution in [2.75, 3.05) is 13.3 Å². The lowest BCUT2D eigenvalue weighted by molar-refractivity contribution is -0.131. The highest BCUT2D eigenvalue weighted by atomic mass is 16.7. The third-order valence-electron chi connectivity index (χ3n) is 5.45. The third kappa shape index (κ3) is 4.18. The van der Waals surface area contributed by atoms with Crippen LogP contribution in [0.4, 0.5) is 4.79 Å². The van der Waals surface area contributed by atoms with Gasteiger partial charge in [-0.15, -0.1) is 0 Å². The molecule has 2 aliphatic heterocycles. The summed E-state index contributed by atoms with van der Waals surface area (Å²) in [5.74, 6) is 0.269. The molecule has 3 rings (SSSR count). The van der Waals surface area contributed by atoms with E-state index in [9.17, 15) is 9.59 Å². The highest BCUT2D eigenvalue weighted by Crippen LogP contribution is 2.42. The first-order valence-electron chi connectivity index (χ1n) is 9.38. The number of ether oxygens (including phenoxy) is 2. The van der Waals surface area contributed by atoms with E-state index in [2.05, 4.69) is 0 Å². The smallest absolute Gasteiger partial charge is 0.327 e. The zero-order valence-electron chi connectivity index (χ0n) is 15.5. The van der Waals surface area contributed by atoms with E-state index in [0.29, 0.717) is 18.0 Å². The summed E-state index contributed by atoms with van der Waals surface area (Å²) in [4.78, 5) is 24.9. The molecule has 3 atom stereocenters. The summed E-state index contributed by atoms with van der Waals surface area (Å²) < 4.78 is 10.9. The molecule has 1 saturated heterocycles. The number of amides is 2. The summed E-state index contributed by atoms with van der Waals surface area (Å²) in [6.07, 6.45) is 6.42. The molecule has 3 unspecified atom stereocenters. The van der Waals surface area contributed by atoms with Crippen LogP contribution in [0.1, 0.15) is 44.1 Å². The van der Waals surface area contributed by atoms with Gasteiger partial charge >= 0.3 is 12.0 Å². The van der Waals surface area contributed by atoms with Gasteiger partial charge in [-0.1, -0.05) is 19.1 Å². The molecule has 0 aliphatic carbocycles. The van der Waals surface area contributed by atoms with Crippen LogP contribution in [0.15, 0.2) is 30.4 Å². The number of hydrogen-bond donors (Lipinski definition) is 2. The van der Waals surface area contributed by atoms with Crippen molar-refractivity contribution >= 4 is 12.0 Å². The lowest BCUT2D eigenvalue weighted by atomic mass is 9.75. The Bertz CT molecular complexity index is 733. The second kappa shape index (κ2) is 8.33. The molecule has 0 saturated carbocycles. The number of aliphatic carboxylic acids is 1. The van der Waals surface area contributed by atoms with Crippen LogP contribution in [-0.2, 0) is 4.79 Å². The summed E-state index contributed by atoms with van der Waals surface area (Å²) in [5.41, 5.74) is 6.66. The highest BCUT2D eigenvalue weighted by molar-refractivity contribution is 5.79. The zero-order chi connectivity index (χ0) is 19.4. The Hall–Kier alpha value is -2.70. The Morgan fingerprint density at radius 1 is 1.33 bits per heavy atom. The van der Waals surface area contributed by atoms with Crippen LogP contribution in [0.25, 0.3) is 0 Å². The van der Waals surface area contributed by atoms with Gasteiger partial charge in [-0.2, -0.15) is 0 Å². The van der Waals surface area contributed by atoms with E-state index in [-0.39, 0.29) is 24.7 Å². The molecule has 27 heavy (non-hydrogen) atoms. The van der Waals surface area contributed by atoms with Crippen molar-refractivity contribution in [2.45, 2.75) is 44.6 Å². The van der Waals surface area contributed by atoms with Crippen molar-refractivity contribution in [3.8, 4) is 11.5 Å². The molecule has 146 valence electrons. The average Bonchev–Trinajstić information content (AvgIpc) is 3.12. The Morgan fingerprint density at radius 3 is 2.81 bits per heavy atom. The molecule has 2 aliphatic rings. The molecule has 0 aromatic heterocycles. The number of rotatable bonds is 6. The van der Waals surface area contributed by atoms with Crippen molar-refractivity contribution in [1.82, 2.24) is 4.90 Å². The molecule has 2 amide bonds. The maximum absolute atomic E-state index is 12.1. The molecule has 7 nitrogen and oxygen atoms in total. The molecule has 7 heteroatoms. The van der Waals surface area contributed by atoms with Gasteiger partial charge < -0.3 is 25.2 Å². The maximum atomic E-state index is 12.1. The van der Waals surface area contributed by atoms with Crippen molar-refractivity contribution in [3.05, 3.63) is 35.9 Å². The Morgan fingerprint density at radius 2 is 2.11 bits per heavy atom. The van der Waals surface area contributed by atoms with E-state index < -0.39 is 12.0 Å². The number of carbonyl (C=O) groups is 2. The highest BCUT2D eigenvalue weighted by Gasteiger charge is 2.37. The Balaban J connectivity index is 2.02. The molecule has 3 N–H and O–H groups in total. The van der Waals surface area contributed by atoms with E-state index in [1.807, 2.05) is 25.1 Å². The van der Waals surface area contributed by atoms with Gasteiger partial charge in [0.15, 0.2) is 11.5 Å². The van der Waals surface area contributed by atoms with Crippen LogP contribution >= 0.6 is 0 Å². The van der Waals surface area contributed by atoms with Gasteiger partial charge in [-0.25, -0.2) is 9.59 Å². The number of primary amides is 1. The van der Waals surface area contributed by atoms with Gasteiger partial charge in [0.05, 0.1) is 0 Å². The lowest BCUT2D eigenvalue weighted by Crippen LogP contribution is -2.50. The monoisotopic (exact) mass is 374 g/mol. The molecular weight excluding hydrogens is 348 g/mol. The first kappa shape index (κ1) is 19.1. The van der Waals surface area contributed by atoms with Crippen LogP contribution in [0.2, 0.25) is 0 Å². The standard InChI is InChI=1S/C20H26N2O5/c1-2-13(7-9-18(23)24)19(15-5-3-4-10-22(15)20(21)25)14-6-8-16-17(11-14)27-12-26-16/h6-9,11,13,15,19H,2-5,10,12H2,1H3,(H2,21,25)(H,23,24). The van der Waals surface area contributed by atoms with Gasteiger partial charge in [-0.05, 0) is 49.3 Å². The van der Waals surface area contributed by atoms with Gasteiger partial charge in [-0.3, -0.25) is 0 Å². The number of allylic oxidation sites excluding steroid dienone is 1. The SMILES string of the molecule is CCC(C=CC(=O)O)C(c1ccc2c(c1)OCO2)C1CCCCN1C(N)=O. The summed E-state index contributed by atoms with van der Waals surface area (Å²) >= 11 is 0. The number of nitrogens with two attached hydrogens (primary N) is 1. The molecule has 0 bridgehead atoms. The summed E-state index contributed by atoms with van der Waals surface area (Å²) in [6, 6.07) is 5.28. The summed E-state index contributed by atoms with van der Waals surface area (Å²) in [5, 5.41) is 9.08. The maximum Gasteiger partial charge on any atom is 0.327 e. The number of fused-ring (bicyclic) bond motifs is 1. The van der Waals surface area contributed by atoms with Gasteiger partial charge in [0.1, 0.15) is 0 Å². The number of piperidine rings is 1. The van der Waals surface area contributed by atoms with E-state index in [4.69, 9.17) is 20.3 Å². The number of nitrogens with zero attached hydrogens (tertiary/aromatic N) is 1. The van der Waals surface area contributed by atoms with Gasteiger partial charge in [0, 0.05) is 24.6 Å². The fourth-order valence-electron chi connectivity index (χ4n) is 4.20. The van der Waals surface area contributed by atoms with Crippen molar-refractivity contribution < 1.29 is 24.2 Å². The van der Waals surface area contributed by atoms with Crippen LogP contribution in [0.5, 0.6) is 11.5 Å². The van der Waals surface area contributed by atoms with Crippen LogP contribution in [-0.4, -0.2) is 41.4 Å². The van der Waals surface area contributed by atoms with E-state index in [1.165, 1.54) is 6.08 Å². The van der Waals surface area contributed by atoms with Crippen molar-refractivity contribution in [2.24, 2.45) is 11.7 Å². The van der Waals surface area contributed by atoms with Crippen molar-refractivity contribution in [1.29, 1.82) is 0 Å². The third-order valence-corrected chi connectivity index (χ3v) is 5.45. The number of benzene rings is 1. The zero-order valence-corrected chi connectivity index (χ0v) is 15.5. The summed E-state index contributed by atoms with van der Waals surface area (Å²) in [7, 11) is 0. The average molecular weight is 374 g/mol. The molecule has 1 aromatic carbocycles. The Labute approximate surface area is 158 Å². The van der Waals surface area contributed by atoms with Crippen LogP contribution in [0, 0.1) is 5.92 Å². The first-order valence-corrected chi connectivity index (χ1v) is 9.38. The first-order chi connectivity index (χ1) is 13.0. The van der Waals surface area contributed by atoms with E-state index in [0.717, 1.165) is 31.2 Å². The van der Waals surface area contributed by atoms with Gasteiger partial charge in [0.25, 0.3) is 0 Å². The second-order valence-corrected chi connectivity index (χ2v) is 7.00. The fraction of sp³-hybridized carbons (Fsp3) is 0.500. The van der Waals surface area contributed by atoms with E-state index >= 15 is 0 Å². The topological polar surface area (TPSA) is 102 Å². The minimum atomic E-state index is -0.978.